The molecule has 1 heterocycles. The molecular formula is C15H18Cl2N2O2S. The van der Waals surface area contributed by atoms with Crippen molar-refractivity contribution >= 4 is 46.8 Å². The average molecular weight is 361 g/mol. The van der Waals surface area contributed by atoms with E-state index in [4.69, 9.17) is 23.2 Å². The van der Waals surface area contributed by atoms with E-state index in [1.807, 2.05) is 26.0 Å². The fraction of sp³-hybridized carbons (Fsp3) is 0.467. The Morgan fingerprint density at radius 3 is 2.86 bits per heavy atom. The number of carbonyl (C=O) groups is 2. The van der Waals surface area contributed by atoms with Crippen LogP contribution in [0.15, 0.2) is 18.2 Å². The highest BCUT2D eigenvalue weighted by atomic mass is 35.5. The van der Waals surface area contributed by atoms with Crippen molar-refractivity contribution in [1.82, 2.24) is 10.6 Å². The van der Waals surface area contributed by atoms with Gasteiger partial charge in [-0.05, 0) is 31.9 Å². The van der Waals surface area contributed by atoms with E-state index < -0.39 is 10.8 Å². The van der Waals surface area contributed by atoms with E-state index in [1.165, 1.54) is 11.8 Å². The monoisotopic (exact) mass is 360 g/mol. The van der Waals surface area contributed by atoms with Gasteiger partial charge < -0.3 is 10.6 Å². The van der Waals surface area contributed by atoms with E-state index in [0.29, 0.717) is 28.8 Å². The Labute approximate surface area is 144 Å². The van der Waals surface area contributed by atoms with Crippen LogP contribution >= 0.6 is 35.0 Å². The van der Waals surface area contributed by atoms with Crippen LogP contribution in [0.5, 0.6) is 0 Å². The minimum absolute atomic E-state index is 0.109. The lowest BCUT2D eigenvalue weighted by atomic mass is 10.1. The number of hydrogen-bond donors (Lipinski definition) is 2. The average Bonchev–Trinajstić information content (AvgIpc) is 2.46. The van der Waals surface area contributed by atoms with E-state index in [2.05, 4.69) is 10.6 Å². The molecule has 0 aliphatic carbocycles. The maximum absolute atomic E-state index is 12.1. The molecular weight excluding hydrogens is 343 g/mol. The molecule has 120 valence electrons. The number of hydrogen-bond acceptors (Lipinski definition) is 3. The molecule has 1 saturated heterocycles. The largest absolute Gasteiger partial charge is 0.354 e. The van der Waals surface area contributed by atoms with Crippen LogP contribution in [0.25, 0.3) is 0 Å². The van der Waals surface area contributed by atoms with Crippen LogP contribution in [0, 0.1) is 0 Å². The smallest absolute Gasteiger partial charge is 0.243 e. The third-order valence-electron chi connectivity index (χ3n) is 3.50. The normalized spacial score (nSPS) is 20.4. The highest BCUT2D eigenvalue weighted by molar-refractivity contribution is 8.01. The molecule has 0 radical (unpaired) electrons. The molecule has 2 rings (SSSR count). The van der Waals surface area contributed by atoms with Gasteiger partial charge in [-0.3, -0.25) is 9.59 Å². The Hall–Kier alpha value is -0.910. The quantitative estimate of drug-likeness (QED) is 0.867. The van der Waals surface area contributed by atoms with Gasteiger partial charge in [0.25, 0.3) is 0 Å². The van der Waals surface area contributed by atoms with Crippen LogP contribution in [0.3, 0.4) is 0 Å². The molecule has 22 heavy (non-hydrogen) atoms. The number of carbonyl (C=O) groups excluding carboxylic acids is 2. The van der Waals surface area contributed by atoms with Gasteiger partial charge in [0.1, 0.15) is 6.04 Å². The molecule has 0 bridgehead atoms. The molecule has 0 spiro atoms. The van der Waals surface area contributed by atoms with Crippen LogP contribution in [-0.2, 0) is 16.0 Å². The first-order valence-electron chi connectivity index (χ1n) is 6.97. The molecule has 1 aliphatic rings. The first-order chi connectivity index (χ1) is 10.3. The van der Waals surface area contributed by atoms with Crippen molar-refractivity contribution in [2.75, 3.05) is 12.3 Å². The number of thioether (sulfide) groups is 1. The first-order valence-corrected chi connectivity index (χ1v) is 8.71. The second-order valence-electron chi connectivity index (χ2n) is 5.60. The molecule has 1 aliphatic heterocycles. The fourth-order valence-electron chi connectivity index (χ4n) is 2.06. The summed E-state index contributed by atoms with van der Waals surface area (Å²) < 4.78 is -0.481. The Morgan fingerprint density at radius 2 is 2.18 bits per heavy atom. The van der Waals surface area contributed by atoms with Gasteiger partial charge >= 0.3 is 0 Å². The lowest BCUT2D eigenvalue weighted by Gasteiger charge is -2.32. The summed E-state index contributed by atoms with van der Waals surface area (Å²) >= 11 is 13.5. The van der Waals surface area contributed by atoms with Gasteiger partial charge in [-0.15, -0.1) is 11.8 Å². The molecule has 0 unspecified atom stereocenters. The Bertz CT molecular complexity index is 593. The van der Waals surface area contributed by atoms with Crippen molar-refractivity contribution in [2.24, 2.45) is 0 Å². The van der Waals surface area contributed by atoms with Gasteiger partial charge in [0, 0.05) is 12.3 Å². The molecule has 2 amide bonds. The maximum Gasteiger partial charge on any atom is 0.243 e. The standard InChI is InChI=1S/C15H18Cl2N2O2S/c1-15(2)14(21)19-11(8-22-15)13(20)18-7-6-9-4-3-5-10(16)12(9)17/h3-5,11H,6-8H2,1-2H3,(H,18,20)(H,19,21)/t11-/m1/s1. The summed E-state index contributed by atoms with van der Waals surface area (Å²) in [5.74, 6) is 0.291. The van der Waals surface area contributed by atoms with Gasteiger partial charge in [0.2, 0.25) is 11.8 Å². The summed E-state index contributed by atoms with van der Waals surface area (Å²) in [6.45, 7) is 4.14. The molecule has 2 N–H and O–H groups in total. The van der Waals surface area contributed by atoms with E-state index in [-0.39, 0.29) is 11.8 Å². The molecule has 1 fully saturated rings. The fourth-order valence-corrected chi connectivity index (χ4v) is 3.48. The van der Waals surface area contributed by atoms with E-state index in [0.717, 1.165) is 5.56 Å². The summed E-state index contributed by atoms with van der Waals surface area (Å²) in [7, 11) is 0. The van der Waals surface area contributed by atoms with E-state index >= 15 is 0 Å². The second-order valence-corrected chi connectivity index (χ2v) is 8.03. The number of rotatable bonds is 4. The highest BCUT2D eigenvalue weighted by Gasteiger charge is 2.37. The van der Waals surface area contributed by atoms with E-state index in [9.17, 15) is 9.59 Å². The van der Waals surface area contributed by atoms with Crippen molar-refractivity contribution in [3.8, 4) is 0 Å². The lowest BCUT2D eigenvalue weighted by Crippen LogP contribution is -2.57. The Morgan fingerprint density at radius 1 is 1.45 bits per heavy atom. The third-order valence-corrected chi connectivity index (χ3v) is 5.77. The van der Waals surface area contributed by atoms with Crippen LogP contribution in [0.4, 0.5) is 0 Å². The molecule has 7 heteroatoms. The van der Waals surface area contributed by atoms with Gasteiger partial charge in [-0.25, -0.2) is 0 Å². The van der Waals surface area contributed by atoms with Gasteiger partial charge in [0.05, 0.1) is 14.8 Å². The molecule has 0 aromatic heterocycles. The highest BCUT2D eigenvalue weighted by Crippen LogP contribution is 2.29. The lowest BCUT2D eigenvalue weighted by molar-refractivity contribution is -0.129. The minimum Gasteiger partial charge on any atom is -0.354 e. The third kappa shape index (κ3) is 4.09. The summed E-state index contributed by atoms with van der Waals surface area (Å²) in [5.41, 5.74) is 0.887. The van der Waals surface area contributed by atoms with Crippen LogP contribution < -0.4 is 10.6 Å². The molecule has 1 atom stereocenters. The zero-order chi connectivity index (χ0) is 16.3. The summed E-state index contributed by atoms with van der Waals surface area (Å²) in [4.78, 5) is 24.0. The van der Waals surface area contributed by atoms with Crippen molar-refractivity contribution in [2.45, 2.75) is 31.1 Å². The zero-order valence-corrected chi connectivity index (χ0v) is 14.7. The van der Waals surface area contributed by atoms with Crippen molar-refractivity contribution in [3.63, 3.8) is 0 Å². The maximum atomic E-state index is 12.1. The number of halogens is 2. The van der Waals surface area contributed by atoms with Crippen molar-refractivity contribution in [1.29, 1.82) is 0 Å². The first kappa shape index (κ1) is 17.4. The molecule has 1 aromatic rings. The second kappa shape index (κ2) is 7.11. The number of benzene rings is 1. The summed E-state index contributed by atoms with van der Waals surface area (Å²) in [6, 6.07) is 4.94. The Kier molecular flexibility index (Phi) is 5.64. The van der Waals surface area contributed by atoms with Gasteiger partial charge in [0.15, 0.2) is 0 Å². The van der Waals surface area contributed by atoms with Gasteiger partial charge in [-0.1, -0.05) is 35.3 Å². The number of amides is 2. The SMILES string of the molecule is CC1(C)SC[C@H](C(=O)NCCc2cccc(Cl)c2Cl)NC1=O. The topological polar surface area (TPSA) is 58.2 Å². The molecule has 1 aromatic carbocycles. The predicted octanol–water partition coefficient (Wildman–Crippen LogP) is 2.66. The Balaban J connectivity index is 1.84. The number of nitrogens with one attached hydrogen (secondary N) is 2. The predicted molar refractivity (Wildman–Crippen MR) is 91.6 cm³/mol. The zero-order valence-electron chi connectivity index (χ0n) is 12.4. The minimum atomic E-state index is -0.486. The van der Waals surface area contributed by atoms with Gasteiger partial charge in [-0.2, -0.15) is 0 Å². The molecule has 0 saturated carbocycles. The van der Waals surface area contributed by atoms with Crippen LogP contribution in [-0.4, -0.2) is 34.9 Å². The van der Waals surface area contributed by atoms with Crippen molar-refractivity contribution < 1.29 is 9.59 Å². The summed E-state index contributed by atoms with van der Waals surface area (Å²) in [6.07, 6.45) is 0.588. The van der Waals surface area contributed by atoms with E-state index in [1.54, 1.807) is 6.07 Å². The van der Waals surface area contributed by atoms with Crippen LogP contribution in [0.2, 0.25) is 10.0 Å². The summed E-state index contributed by atoms with van der Waals surface area (Å²) in [5, 5.41) is 6.60. The molecule has 4 nitrogen and oxygen atoms in total. The van der Waals surface area contributed by atoms with Crippen molar-refractivity contribution in [3.05, 3.63) is 33.8 Å². The van der Waals surface area contributed by atoms with Crippen LogP contribution in [0.1, 0.15) is 19.4 Å².